The van der Waals surface area contributed by atoms with Gasteiger partial charge in [-0.2, -0.15) is 5.10 Å². The van der Waals surface area contributed by atoms with Gasteiger partial charge in [0.25, 0.3) is 0 Å². The van der Waals surface area contributed by atoms with Gasteiger partial charge < -0.3 is 0 Å². The summed E-state index contributed by atoms with van der Waals surface area (Å²) in [6, 6.07) is 11.5. The van der Waals surface area contributed by atoms with E-state index in [4.69, 9.17) is 0 Å². The van der Waals surface area contributed by atoms with Crippen molar-refractivity contribution in [2.45, 2.75) is 26.8 Å². The van der Waals surface area contributed by atoms with E-state index in [-0.39, 0.29) is 5.78 Å². The Balaban J connectivity index is 1.97. The van der Waals surface area contributed by atoms with Crippen molar-refractivity contribution >= 4 is 16.7 Å². The Labute approximate surface area is 123 Å². The molecule has 0 N–H and O–H groups in total. The Morgan fingerprint density at radius 3 is 2.90 bits per heavy atom. The summed E-state index contributed by atoms with van der Waals surface area (Å²) in [6.07, 6.45) is 2.11. The molecule has 0 bridgehead atoms. The number of aryl methyl sites for hydroxylation is 2. The lowest BCUT2D eigenvalue weighted by Gasteiger charge is -2.06. The maximum Gasteiger partial charge on any atom is 0.169 e. The highest BCUT2D eigenvalue weighted by atomic mass is 16.1. The van der Waals surface area contributed by atoms with Crippen molar-refractivity contribution < 1.29 is 4.79 Å². The lowest BCUT2D eigenvalue weighted by Crippen LogP contribution is -2.10. The first-order chi connectivity index (χ1) is 10.2. The molecule has 0 aliphatic carbocycles. The normalized spacial score (nSPS) is 11.0. The Morgan fingerprint density at radius 2 is 2.10 bits per heavy atom. The molecular weight excluding hydrogens is 262 g/mol. The third-order valence-electron chi connectivity index (χ3n) is 3.57. The summed E-state index contributed by atoms with van der Waals surface area (Å²) in [5, 5.41) is 5.30. The number of rotatable bonds is 4. The summed E-state index contributed by atoms with van der Waals surface area (Å²) in [7, 11) is 0. The number of benzene rings is 1. The minimum atomic E-state index is 0.100. The number of nitrogens with zero attached hydrogens (tertiary/aromatic N) is 3. The van der Waals surface area contributed by atoms with Crippen molar-refractivity contribution in [3.63, 3.8) is 0 Å². The summed E-state index contributed by atoms with van der Waals surface area (Å²) in [6.45, 7) is 4.75. The molecule has 1 aromatic carbocycles. The highest BCUT2D eigenvalue weighted by molar-refractivity contribution is 6.07. The predicted molar refractivity (Wildman–Crippen MR) is 82.4 cm³/mol. The van der Waals surface area contributed by atoms with Gasteiger partial charge in [-0.3, -0.25) is 14.5 Å². The van der Waals surface area contributed by atoms with Gasteiger partial charge in [0.2, 0.25) is 0 Å². The minimum absolute atomic E-state index is 0.100. The molecule has 0 saturated heterocycles. The predicted octanol–water partition coefficient (Wildman–Crippen LogP) is 3.19. The van der Waals surface area contributed by atoms with Crippen LogP contribution in [0.1, 0.15) is 28.7 Å². The van der Waals surface area contributed by atoms with E-state index in [1.54, 1.807) is 6.20 Å². The van der Waals surface area contributed by atoms with Crippen LogP contribution in [-0.2, 0) is 13.0 Å². The molecule has 0 saturated carbocycles. The van der Waals surface area contributed by atoms with Crippen LogP contribution in [-0.4, -0.2) is 20.5 Å². The number of aromatic nitrogens is 3. The molecule has 0 unspecified atom stereocenters. The number of ketones is 1. The zero-order chi connectivity index (χ0) is 14.8. The van der Waals surface area contributed by atoms with Crippen molar-refractivity contribution in [1.29, 1.82) is 0 Å². The third kappa shape index (κ3) is 2.57. The molecule has 2 heterocycles. The molecule has 4 heteroatoms. The zero-order valence-electron chi connectivity index (χ0n) is 12.2. The quantitative estimate of drug-likeness (QED) is 0.689. The molecule has 4 nitrogen and oxygen atoms in total. The molecular formula is C17H17N3O. The van der Waals surface area contributed by atoms with E-state index < -0.39 is 0 Å². The Hall–Kier alpha value is -2.49. The van der Waals surface area contributed by atoms with Crippen LogP contribution in [0.15, 0.2) is 42.6 Å². The smallest absolute Gasteiger partial charge is 0.169 e. The fourth-order valence-electron chi connectivity index (χ4n) is 2.62. The van der Waals surface area contributed by atoms with Gasteiger partial charge in [0, 0.05) is 29.4 Å². The van der Waals surface area contributed by atoms with E-state index in [9.17, 15) is 4.79 Å². The SMILES string of the molecule is CCn1nc(C)cc1CC(=O)c1cccc2ncccc12. The molecule has 0 fully saturated rings. The standard InChI is InChI=1S/C17H17N3O/c1-3-20-13(10-12(2)19-20)11-17(21)15-6-4-8-16-14(15)7-5-9-18-16/h4-10H,3,11H2,1-2H3. The highest BCUT2D eigenvalue weighted by Crippen LogP contribution is 2.19. The second-order valence-corrected chi connectivity index (χ2v) is 5.07. The van der Waals surface area contributed by atoms with Crippen molar-refractivity contribution in [2.75, 3.05) is 0 Å². The molecule has 0 spiro atoms. The molecule has 0 atom stereocenters. The van der Waals surface area contributed by atoms with Crippen LogP contribution < -0.4 is 0 Å². The van der Waals surface area contributed by atoms with Gasteiger partial charge in [0.05, 0.1) is 17.6 Å². The van der Waals surface area contributed by atoms with Crippen molar-refractivity contribution in [1.82, 2.24) is 14.8 Å². The Kier molecular flexibility index (Phi) is 3.52. The first-order valence-electron chi connectivity index (χ1n) is 7.09. The van der Waals surface area contributed by atoms with Crippen LogP contribution in [0.25, 0.3) is 10.9 Å². The molecule has 0 amide bonds. The zero-order valence-corrected chi connectivity index (χ0v) is 12.2. The molecule has 0 aliphatic heterocycles. The summed E-state index contributed by atoms with van der Waals surface area (Å²) >= 11 is 0. The average Bonchev–Trinajstić information content (AvgIpc) is 2.86. The average molecular weight is 279 g/mol. The second-order valence-electron chi connectivity index (χ2n) is 5.07. The molecule has 0 radical (unpaired) electrons. The van der Waals surface area contributed by atoms with Gasteiger partial charge in [-0.25, -0.2) is 0 Å². The van der Waals surface area contributed by atoms with E-state index in [2.05, 4.69) is 10.1 Å². The molecule has 0 aliphatic rings. The lowest BCUT2D eigenvalue weighted by molar-refractivity contribution is 0.0992. The van der Waals surface area contributed by atoms with Crippen molar-refractivity contribution in [3.05, 3.63) is 59.5 Å². The van der Waals surface area contributed by atoms with E-state index in [1.807, 2.05) is 54.9 Å². The van der Waals surface area contributed by atoms with Gasteiger partial charge in [0.1, 0.15) is 0 Å². The van der Waals surface area contributed by atoms with Gasteiger partial charge in [-0.1, -0.05) is 18.2 Å². The first kappa shape index (κ1) is 13.5. The maximum absolute atomic E-state index is 12.6. The van der Waals surface area contributed by atoms with E-state index in [0.717, 1.165) is 34.4 Å². The Morgan fingerprint density at radius 1 is 1.24 bits per heavy atom. The molecule has 3 rings (SSSR count). The summed E-state index contributed by atoms with van der Waals surface area (Å²) in [4.78, 5) is 16.9. The van der Waals surface area contributed by atoms with Crippen LogP contribution in [0.2, 0.25) is 0 Å². The van der Waals surface area contributed by atoms with Crippen LogP contribution >= 0.6 is 0 Å². The van der Waals surface area contributed by atoms with Crippen molar-refractivity contribution in [2.24, 2.45) is 0 Å². The summed E-state index contributed by atoms with van der Waals surface area (Å²) in [5.41, 5.74) is 3.48. The maximum atomic E-state index is 12.6. The largest absolute Gasteiger partial charge is 0.294 e. The van der Waals surface area contributed by atoms with Gasteiger partial charge >= 0.3 is 0 Å². The first-order valence-corrected chi connectivity index (χ1v) is 7.09. The van der Waals surface area contributed by atoms with Crippen LogP contribution in [0.4, 0.5) is 0 Å². The topological polar surface area (TPSA) is 47.8 Å². The number of carbonyl (C=O) groups is 1. The second kappa shape index (κ2) is 5.48. The van der Waals surface area contributed by atoms with Crippen molar-refractivity contribution in [3.8, 4) is 0 Å². The molecule has 2 aromatic heterocycles. The van der Waals surface area contributed by atoms with Crippen LogP contribution in [0, 0.1) is 6.92 Å². The van der Waals surface area contributed by atoms with Gasteiger partial charge in [-0.05, 0) is 32.0 Å². The third-order valence-corrected chi connectivity index (χ3v) is 3.57. The van der Waals surface area contributed by atoms with Gasteiger partial charge in [0.15, 0.2) is 5.78 Å². The fourth-order valence-corrected chi connectivity index (χ4v) is 2.62. The number of hydrogen-bond donors (Lipinski definition) is 0. The molecule has 21 heavy (non-hydrogen) atoms. The van der Waals surface area contributed by atoms with E-state index in [1.165, 1.54) is 0 Å². The highest BCUT2D eigenvalue weighted by Gasteiger charge is 2.14. The van der Waals surface area contributed by atoms with Crippen LogP contribution in [0.3, 0.4) is 0 Å². The molecule has 3 aromatic rings. The number of fused-ring (bicyclic) bond motifs is 1. The number of pyridine rings is 1. The van der Waals surface area contributed by atoms with E-state index >= 15 is 0 Å². The number of carbonyl (C=O) groups excluding carboxylic acids is 1. The summed E-state index contributed by atoms with van der Waals surface area (Å²) < 4.78 is 1.89. The number of Topliss-reactive ketones (excluding diaryl/α,β-unsaturated/α-hetero) is 1. The monoisotopic (exact) mass is 279 g/mol. The Bertz CT molecular complexity index is 799. The number of hydrogen-bond acceptors (Lipinski definition) is 3. The van der Waals surface area contributed by atoms with E-state index in [0.29, 0.717) is 6.42 Å². The van der Waals surface area contributed by atoms with Crippen LogP contribution in [0.5, 0.6) is 0 Å². The molecule has 106 valence electrons. The lowest BCUT2D eigenvalue weighted by atomic mass is 10.0. The van der Waals surface area contributed by atoms with Gasteiger partial charge in [-0.15, -0.1) is 0 Å². The summed E-state index contributed by atoms with van der Waals surface area (Å²) in [5.74, 6) is 0.100. The minimum Gasteiger partial charge on any atom is -0.294 e. The fraction of sp³-hybridized carbons (Fsp3) is 0.235.